The lowest BCUT2D eigenvalue weighted by atomic mass is 10.1. The van der Waals surface area contributed by atoms with E-state index in [-0.39, 0.29) is 0 Å². The van der Waals surface area contributed by atoms with Crippen molar-refractivity contribution in [2.75, 3.05) is 10.6 Å². The molecule has 5 rings (SSSR count). The fourth-order valence-corrected chi connectivity index (χ4v) is 5.31. The lowest BCUT2D eigenvalue weighted by Gasteiger charge is -2.03. The molecule has 2 aromatic carbocycles. The van der Waals surface area contributed by atoms with Crippen molar-refractivity contribution in [1.82, 2.24) is 15.0 Å². The lowest BCUT2D eigenvalue weighted by molar-refractivity contribution is 1.29. The number of halogens is 2. The van der Waals surface area contributed by atoms with Crippen molar-refractivity contribution in [3.05, 3.63) is 86.7 Å². The summed E-state index contributed by atoms with van der Waals surface area (Å²) < 4.78 is 2.04. The second-order valence-corrected chi connectivity index (χ2v) is 10.4. The number of anilines is 4. The molecule has 5 aromatic rings. The van der Waals surface area contributed by atoms with Gasteiger partial charge in [0, 0.05) is 54.6 Å². The number of hydrogen-bond donors (Lipinski definition) is 2. The van der Waals surface area contributed by atoms with Crippen LogP contribution in [0, 0.1) is 0 Å². The van der Waals surface area contributed by atoms with Crippen LogP contribution < -0.4 is 10.6 Å². The van der Waals surface area contributed by atoms with Crippen molar-refractivity contribution in [3.8, 4) is 22.5 Å². The number of benzene rings is 2. The van der Waals surface area contributed by atoms with Gasteiger partial charge < -0.3 is 10.6 Å². The van der Waals surface area contributed by atoms with E-state index in [4.69, 9.17) is 9.97 Å². The van der Waals surface area contributed by atoms with E-state index in [0.717, 1.165) is 53.1 Å². The van der Waals surface area contributed by atoms with Gasteiger partial charge in [0.2, 0.25) is 0 Å². The molecule has 9 heteroatoms. The molecule has 0 aliphatic carbocycles. The Hall–Kier alpha value is -2.59. The van der Waals surface area contributed by atoms with Gasteiger partial charge in [-0.3, -0.25) is 4.98 Å². The third kappa shape index (κ3) is 5.07. The number of thiazole rings is 2. The summed E-state index contributed by atoms with van der Waals surface area (Å²) in [5.41, 5.74) is 5.64. The van der Waals surface area contributed by atoms with Crippen molar-refractivity contribution < 1.29 is 0 Å². The summed E-state index contributed by atoms with van der Waals surface area (Å²) in [7, 11) is 0. The normalized spacial score (nSPS) is 10.8. The molecule has 5 nitrogen and oxygen atoms in total. The van der Waals surface area contributed by atoms with E-state index >= 15 is 0 Å². The zero-order valence-electron chi connectivity index (χ0n) is 16.4. The highest BCUT2D eigenvalue weighted by Crippen LogP contribution is 2.32. The van der Waals surface area contributed by atoms with Gasteiger partial charge in [-0.2, -0.15) is 0 Å². The molecule has 158 valence electrons. The standard InChI is InChI=1S/C23H15Br2N5S2/c24-16-3-1-5-18(8-16)27-22-29-20(12-31-22)14-7-15(11-26-10-14)21-13-32-23(30-21)28-19-6-2-4-17(25)9-19/h1-13H,(H,27,29)(H,28,30). The summed E-state index contributed by atoms with van der Waals surface area (Å²) in [4.78, 5) is 13.9. The van der Waals surface area contributed by atoms with Gasteiger partial charge in [0.1, 0.15) is 0 Å². The minimum atomic E-state index is 0.831. The van der Waals surface area contributed by atoms with Gasteiger partial charge in [-0.25, -0.2) is 9.97 Å². The predicted molar refractivity (Wildman–Crippen MR) is 141 cm³/mol. The Bertz CT molecular complexity index is 1280. The van der Waals surface area contributed by atoms with Crippen molar-refractivity contribution in [3.63, 3.8) is 0 Å². The molecule has 0 aliphatic rings. The van der Waals surface area contributed by atoms with Crippen LogP contribution in [0.2, 0.25) is 0 Å². The maximum atomic E-state index is 4.73. The number of nitrogens with one attached hydrogen (secondary N) is 2. The first-order chi connectivity index (χ1) is 15.6. The summed E-state index contributed by atoms with van der Waals surface area (Å²) in [5.74, 6) is 0. The SMILES string of the molecule is Brc1cccc(Nc2nc(-c3cncc(-c4csc(Nc5cccc(Br)c5)n4)c3)cs2)c1. The van der Waals surface area contributed by atoms with Crippen molar-refractivity contribution >= 4 is 76.2 Å². The Kier molecular flexibility index (Phi) is 6.31. The Morgan fingerprint density at radius 2 is 1.16 bits per heavy atom. The van der Waals surface area contributed by atoms with E-state index in [1.165, 1.54) is 0 Å². The summed E-state index contributed by atoms with van der Waals surface area (Å²) >= 11 is 10.1. The minimum absolute atomic E-state index is 0.831. The first-order valence-electron chi connectivity index (χ1n) is 9.54. The average Bonchev–Trinajstić information content (AvgIpc) is 3.44. The zero-order chi connectivity index (χ0) is 21.9. The highest BCUT2D eigenvalue weighted by atomic mass is 79.9. The molecule has 0 saturated heterocycles. The molecule has 0 saturated carbocycles. The molecule has 0 spiro atoms. The van der Waals surface area contributed by atoms with Crippen LogP contribution in [-0.4, -0.2) is 15.0 Å². The van der Waals surface area contributed by atoms with Gasteiger partial charge in [-0.15, -0.1) is 22.7 Å². The van der Waals surface area contributed by atoms with Crippen LogP contribution in [0.15, 0.2) is 86.7 Å². The van der Waals surface area contributed by atoms with Crippen molar-refractivity contribution in [2.24, 2.45) is 0 Å². The molecule has 0 unspecified atom stereocenters. The number of pyridine rings is 1. The van der Waals surface area contributed by atoms with Crippen LogP contribution in [0.1, 0.15) is 0 Å². The maximum Gasteiger partial charge on any atom is 0.187 e. The Morgan fingerprint density at radius 3 is 1.62 bits per heavy atom. The van der Waals surface area contributed by atoms with Gasteiger partial charge in [0.15, 0.2) is 10.3 Å². The van der Waals surface area contributed by atoms with E-state index in [1.54, 1.807) is 22.7 Å². The summed E-state index contributed by atoms with van der Waals surface area (Å²) in [6.45, 7) is 0. The largest absolute Gasteiger partial charge is 0.332 e. The number of aromatic nitrogens is 3. The number of rotatable bonds is 6. The first-order valence-corrected chi connectivity index (χ1v) is 12.9. The molecule has 0 radical (unpaired) electrons. The highest BCUT2D eigenvalue weighted by Gasteiger charge is 2.10. The smallest absolute Gasteiger partial charge is 0.187 e. The monoisotopic (exact) mass is 583 g/mol. The molecular weight excluding hydrogens is 570 g/mol. The number of nitrogens with zero attached hydrogens (tertiary/aromatic N) is 3. The van der Waals surface area contributed by atoms with E-state index in [1.807, 2.05) is 71.7 Å². The molecule has 3 aromatic heterocycles. The summed E-state index contributed by atoms with van der Waals surface area (Å²) in [5, 5.41) is 12.4. The second-order valence-electron chi connectivity index (χ2n) is 6.81. The van der Waals surface area contributed by atoms with Crippen LogP contribution in [-0.2, 0) is 0 Å². The maximum absolute atomic E-state index is 4.73. The van der Waals surface area contributed by atoms with Gasteiger partial charge in [0.25, 0.3) is 0 Å². The van der Waals surface area contributed by atoms with E-state index in [9.17, 15) is 0 Å². The Labute approximate surface area is 209 Å². The van der Waals surface area contributed by atoms with Gasteiger partial charge in [-0.1, -0.05) is 44.0 Å². The molecular formula is C23H15Br2N5S2. The van der Waals surface area contributed by atoms with E-state index in [0.29, 0.717) is 0 Å². The predicted octanol–water partition coefficient (Wildman–Crippen LogP) is 8.34. The fraction of sp³-hybridized carbons (Fsp3) is 0. The first kappa shape index (κ1) is 21.3. The Balaban J connectivity index is 1.34. The third-order valence-corrected chi connectivity index (χ3v) is 6.99. The minimum Gasteiger partial charge on any atom is -0.332 e. The van der Waals surface area contributed by atoms with Gasteiger partial charge in [-0.05, 0) is 42.5 Å². The molecule has 0 atom stereocenters. The van der Waals surface area contributed by atoms with E-state index < -0.39 is 0 Å². The van der Waals surface area contributed by atoms with Gasteiger partial charge >= 0.3 is 0 Å². The number of hydrogen-bond acceptors (Lipinski definition) is 7. The van der Waals surface area contributed by atoms with Crippen molar-refractivity contribution in [2.45, 2.75) is 0 Å². The van der Waals surface area contributed by atoms with Crippen LogP contribution in [0.4, 0.5) is 21.6 Å². The molecule has 32 heavy (non-hydrogen) atoms. The molecule has 2 N–H and O–H groups in total. The molecule has 0 bridgehead atoms. The summed E-state index contributed by atoms with van der Waals surface area (Å²) in [6.07, 6.45) is 3.66. The summed E-state index contributed by atoms with van der Waals surface area (Å²) in [6, 6.07) is 18.1. The lowest BCUT2D eigenvalue weighted by Crippen LogP contribution is -1.90. The average molecular weight is 585 g/mol. The van der Waals surface area contributed by atoms with E-state index in [2.05, 4.69) is 53.5 Å². The second kappa shape index (κ2) is 9.50. The molecule has 0 aliphatic heterocycles. The molecule has 0 amide bonds. The third-order valence-electron chi connectivity index (χ3n) is 4.49. The molecule has 0 fully saturated rings. The quantitative estimate of drug-likeness (QED) is 0.210. The van der Waals surface area contributed by atoms with Gasteiger partial charge in [0.05, 0.1) is 11.4 Å². The molecule has 3 heterocycles. The zero-order valence-corrected chi connectivity index (χ0v) is 21.2. The van der Waals surface area contributed by atoms with Crippen LogP contribution in [0.5, 0.6) is 0 Å². The topological polar surface area (TPSA) is 62.7 Å². The fourth-order valence-electron chi connectivity index (χ4n) is 3.03. The highest BCUT2D eigenvalue weighted by molar-refractivity contribution is 9.10. The van der Waals surface area contributed by atoms with Crippen LogP contribution >= 0.6 is 54.5 Å². The Morgan fingerprint density at radius 1 is 0.656 bits per heavy atom. The van der Waals surface area contributed by atoms with Crippen LogP contribution in [0.3, 0.4) is 0 Å². The van der Waals surface area contributed by atoms with Crippen LogP contribution in [0.25, 0.3) is 22.5 Å². The van der Waals surface area contributed by atoms with Crippen molar-refractivity contribution in [1.29, 1.82) is 0 Å².